The van der Waals surface area contributed by atoms with Crippen LogP contribution in [0.5, 0.6) is 0 Å². The first kappa shape index (κ1) is 97.5. The van der Waals surface area contributed by atoms with Crippen molar-refractivity contribution in [2.75, 3.05) is 120 Å². The number of nitrogens with zero attached hydrogens (tertiary/aromatic N) is 4. The molecule has 12 N–H and O–H groups in total. The summed E-state index contributed by atoms with van der Waals surface area (Å²) in [5.74, 6) is 0.456. The molecule has 0 bridgehead atoms. The Morgan fingerprint density at radius 1 is 0.739 bits per heavy atom. The van der Waals surface area contributed by atoms with Crippen LogP contribution in [0.4, 0.5) is 10.5 Å². The number of nitrogens with two attached hydrogens (primary N) is 2. The van der Waals surface area contributed by atoms with Crippen LogP contribution in [0.3, 0.4) is 0 Å². The molecule has 92 heavy (non-hydrogen) atoms. The van der Waals surface area contributed by atoms with Crippen molar-refractivity contribution in [2.45, 2.75) is 205 Å². The predicted octanol–water partition coefficient (Wildman–Crippen LogP) is 5.54. The average Bonchev–Trinajstić information content (AvgIpc) is 1.56. The summed E-state index contributed by atoms with van der Waals surface area (Å²) in [4.78, 5) is 93.6. The number of primary amides is 1. The van der Waals surface area contributed by atoms with E-state index in [1.165, 1.54) is 6.42 Å². The fourth-order valence-corrected chi connectivity index (χ4v) is 8.69. The van der Waals surface area contributed by atoms with Crippen LogP contribution in [-0.4, -0.2) is 227 Å². The lowest BCUT2D eigenvalue weighted by atomic mass is 9.91. The summed E-state index contributed by atoms with van der Waals surface area (Å²) in [6, 6.07) is 6.96. The lowest BCUT2D eigenvalue weighted by Gasteiger charge is -2.37. The third-order valence-corrected chi connectivity index (χ3v) is 14.4. The van der Waals surface area contributed by atoms with Gasteiger partial charge >= 0.3 is 6.03 Å². The number of ether oxygens (including phenoxy) is 4. The molecule has 26 heteroatoms. The van der Waals surface area contributed by atoms with E-state index in [4.69, 9.17) is 30.4 Å². The number of amides is 9. The Kier molecular flexibility index (Phi) is 70.9. The van der Waals surface area contributed by atoms with Gasteiger partial charge in [-0.25, -0.2) is 15.6 Å². The quantitative estimate of drug-likeness (QED) is 0.0220. The van der Waals surface area contributed by atoms with Gasteiger partial charge in [0.05, 0.1) is 63.1 Å². The summed E-state index contributed by atoms with van der Waals surface area (Å²) < 4.78 is 21.7. The minimum atomic E-state index is -0.443. The Bertz CT molecular complexity index is 1900. The topological polar surface area (TPSA) is 335 Å². The number of methoxy groups -OCH3 is 2. The zero-order chi connectivity index (χ0) is 72.0. The highest BCUT2D eigenvalue weighted by Crippen LogP contribution is 2.25. The lowest BCUT2D eigenvalue weighted by molar-refractivity contribution is -0.136. The van der Waals surface area contributed by atoms with E-state index in [1.807, 2.05) is 86.7 Å². The number of hydrazine groups is 2. The maximum Gasteiger partial charge on any atom is 0.312 e. The molecule has 1 aliphatic heterocycles. The summed E-state index contributed by atoms with van der Waals surface area (Å²) in [6.45, 7) is 38.7. The minimum absolute atomic E-state index is 0.0186. The highest BCUT2D eigenvalue weighted by molar-refractivity contribution is 5.84. The number of likely N-dealkylation sites (tertiary alicyclic amines) is 1. The molecule has 1 fully saturated rings. The van der Waals surface area contributed by atoms with Gasteiger partial charge in [0.2, 0.25) is 43.4 Å². The molecule has 1 heterocycles. The Balaban J connectivity index is -0.000000253. The normalized spacial score (nSPS) is 14.5. The second kappa shape index (κ2) is 66.9. The van der Waals surface area contributed by atoms with Gasteiger partial charge in [0.1, 0.15) is 6.04 Å². The highest BCUT2D eigenvalue weighted by Gasteiger charge is 2.38. The summed E-state index contributed by atoms with van der Waals surface area (Å²) in [7, 11) is 13.0. The molecule has 0 spiro atoms. The van der Waals surface area contributed by atoms with Crippen LogP contribution in [0.2, 0.25) is 0 Å². The van der Waals surface area contributed by atoms with E-state index in [0.29, 0.717) is 89.3 Å². The Morgan fingerprint density at radius 3 is 1.70 bits per heavy atom. The van der Waals surface area contributed by atoms with E-state index in [1.54, 1.807) is 43.2 Å². The summed E-state index contributed by atoms with van der Waals surface area (Å²) >= 11 is 0. The molecule has 1 aromatic rings. The number of rotatable bonds is 39. The smallest absolute Gasteiger partial charge is 0.312 e. The van der Waals surface area contributed by atoms with E-state index < -0.39 is 18.0 Å². The van der Waals surface area contributed by atoms with Crippen LogP contribution in [0.25, 0.3) is 0 Å². The van der Waals surface area contributed by atoms with Crippen LogP contribution in [-0.2, 0) is 58.9 Å². The Hall–Kier alpha value is -5.58. The molecular weight excluding hydrogens is 1180 g/mol. The van der Waals surface area contributed by atoms with Gasteiger partial charge in [-0.1, -0.05) is 122 Å². The SMILES string of the molecule is CC.CC(C)C(C)N(C)C.CCC.CCC(C)C(C(CC)OC)N(C)C(=O)CNC=O.CCCNC(N)=O.CCCOCCOCCN(NC)NC.CCNC(=O)C(NC=O)C(C)C.COC(C(C)C(=O)NC(CN)Cc1ccc(NC=O)cc1)C1CCCN1C=O. The first-order valence-corrected chi connectivity index (χ1v) is 33.2. The number of hydrogen-bond donors (Lipinski definition) is 10. The minimum Gasteiger partial charge on any atom is -0.379 e. The first-order chi connectivity index (χ1) is 43.8. The van der Waals surface area contributed by atoms with Crippen LogP contribution in [0.15, 0.2) is 24.3 Å². The van der Waals surface area contributed by atoms with Crippen LogP contribution in [0, 0.1) is 23.7 Å². The molecule has 9 atom stereocenters. The Labute approximate surface area is 557 Å². The number of benzene rings is 1. The van der Waals surface area contributed by atoms with Crippen LogP contribution >= 0.6 is 0 Å². The van der Waals surface area contributed by atoms with Gasteiger partial charge in [-0.3, -0.25) is 33.6 Å². The van der Waals surface area contributed by atoms with Gasteiger partial charge in [0.15, 0.2) is 0 Å². The molecule has 9 unspecified atom stereocenters. The van der Waals surface area contributed by atoms with Crippen molar-refractivity contribution in [3.8, 4) is 0 Å². The fraction of sp³-hybridized carbons (Fsp3) is 0.788. The van der Waals surface area contributed by atoms with E-state index in [2.05, 4.69) is 117 Å². The molecule has 26 nitrogen and oxygen atoms in total. The number of carbonyl (C=O) groups excluding carboxylic acids is 8. The second-order valence-electron chi connectivity index (χ2n) is 22.4. The van der Waals surface area contributed by atoms with Crippen molar-refractivity contribution in [3.63, 3.8) is 0 Å². The average molecular weight is 1320 g/mol. The van der Waals surface area contributed by atoms with E-state index in [-0.39, 0.29) is 60.5 Å². The van der Waals surface area contributed by atoms with Gasteiger partial charge in [-0.15, -0.1) is 0 Å². The molecule has 0 aliphatic carbocycles. The maximum atomic E-state index is 12.8. The zero-order valence-corrected chi connectivity index (χ0v) is 61.5. The number of hydrogen-bond acceptors (Lipinski definition) is 17. The summed E-state index contributed by atoms with van der Waals surface area (Å²) in [5.41, 5.74) is 18.3. The first-order valence-electron chi connectivity index (χ1n) is 33.2. The van der Waals surface area contributed by atoms with Gasteiger partial charge in [-0.2, -0.15) is 5.12 Å². The van der Waals surface area contributed by atoms with Crippen molar-refractivity contribution in [3.05, 3.63) is 29.8 Å². The number of nitrogens with one attached hydrogen (secondary N) is 8. The lowest BCUT2D eigenvalue weighted by Crippen LogP contribution is -2.51. The molecule has 1 aliphatic rings. The highest BCUT2D eigenvalue weighted by atomic mass is 16.5. The zero-order valence-electron chi connectivity index (χ0n) is 61.5. The van der Waals surface area contributed by atoms with Crippen molar-refractivity contribution in [1.29, 1.82) is 0 Å². The second-order valence-corrected chi connectivity index (χ2v) is 22.4. The fourth-order valence-electron chi connectivity index (χ4n) is 8.69. The standard InChI is InChI=1S/C20H30N4O4.C13H26N2O3.C9H23N3O2.C8H16N2O2.C7H17N.C4H10N2O.C3H8.C2H6/c1-14(19(28-2)18-4-3-9-24(18)13-26)20(27)23-17(11-21)10-15-5-7-16(8-6-15)22-12-25;1-6-10(3)13(11(7-2)18-5)15(4)12(17)8-14-9-16;1-4-6-13-8-9-14-7-5-12(10-2)11-3;1-4-9-8(12)7(6(2)3)10-5-11;1-6(2)7(3)8(4)5;1-2-3-6-4(5)7;1-3-2;1-2/h5-8,12-14,17-19H,3-4,9-11,21H2,1-2H3,(H,22,25)(H,23,27);9-11,13H,6-8H2,1-5H3,(H,14,16);10-11H,4-9H2,1-3H3;5-7H,4H2,1-3H3,(H,9,12)(H,10,11);6-7H,1-5H3;2-3H2,1H3,(H3,5,6,7);3H2,1-2H3;1-2H3. The van der Waals surface area contributed by atoms with Gasteiger partial charge < -0.3 is 77.0 Å². The maximum absolute atomic E-state index is 12.8. The number of likely N-dealkylation sites (N-methyl/N-ethyl adjacent to an activating group) is 2. The molecule has 1 aromatic carbocycles. The molecule has 0 aromatic heterocycles. The molecular formula is C66H136N14O12. The summed E-state index contributed by atoms with van der Waals surface area (Å²) in [5, 5.41) is 17.4. The van der Waals surface area contributed by atoms with E-state index in [9.17, 15) is 38.4 Å². The third kappa shape index (κ3) is 50.0. The Morgan fingerprint density at radius 2 is 1.32 bits per heavy atom. The van der Waals surface area contributed by atoms with Crippen molar-refractivity contribution < 1.29 is 57.3 Å². The number of carbonyl (C=O) groups is 8. The van der Waals surface area contributed by atoms with E-state index >= 15 is 0 Å². The van der Waals surface area contributed by atoms with Crippen LogP contribution < -0.4 is 54.2 Å². The van der Waals surface area contributed by atoms with Crippen molar-refractivity contribution in [1.82, 2.24) is 57.3 Å². The van der Waals surface area contributed by atoms with E-state index in [0.717, 1.165) is 69.6 Å². The van der Waals surface area contributed by atoms with Crippen molar-refractivity contribution >= 4 is 55.1 Å². The largest absolute Gasteiger partial charge is 0.379 e. The summed E-state index contributed by atoms with van der Waals surface area (Å²) in [6.07, 6.45) is 9.61. The van der Waals surface area contributed by atoms with Crippen LogP contribution in [0.1, 0.15) is 161 Å². The van der Waals surface area contributed by atoms with Gasteiger partial charge in [0, 0.05) is 85.9 Å². The molecule has 0 saturated carbocycles. The molecule has 0 radical (unpaired) electrons. The molecule has 542 valence electrons. The molecule has 2 rings (SSSR count). The monoisotopic (exact) mass is 1320 g/mol. The van der Waals surface area contributed by atoms with Gasteiger partial charge in [0.25, 0.3) is 0 Å². The predicted molar refractivity (Wildman–Crippen MR) is 374 cm³/mol. The van der Waals surface area contributed by atoms with Crippen molar-refractivity contribution in [2.24, 2.45) is 35.1 Å². The molecule has 1 saturated heterocycles. The number of urea groups is 1. The molecule has 9 amide bonds. The third-order valence-electron chi connectivity index (χ3n) is 14.4. The van der Waals surface area contributed by atoms with Gasteiger partial charge in [-0.05, 0) is 102 Å². The number of anilines is 1.